The van der Waals surface area contributed by atoms with Crippen LogP contribution in [0.4, 0.5) is 11.5 Å². The van der Waals surface area contributed by atoms with Crippen LogP contribution in [0.25, 0.3) is 10.9 Å². The van der Waals surface area contributed by atoms with Crippen LogP contribution in [0.5, 0.6) is 0 Å². The lowest BCUT2D eigenvalue weighted by atomic mass is 10.1. The molecule has 3 aromatic rings. The highest BCUT2D eigenvalue weighted by atomic mass is 16.4. The fourth-order valence-electron chi connectivity index (χ4n) is 3.27. The van der Waals surface area contributed by atoms with Gasteiger partial charge in [0.05, 0.1) is 17.5 Å². The maximum Gasteiger partial charge on any atom is 0.336 e. The molecule has 0 aliphatic rings. The number of pyridine rings is 1. The van der Waals surface area contributed by atoms with Gasteiger partial charge in [-0.2, -0.15) is 0 Å². The molecule has 2 aromatic carbocycles. The van der Waals surface area contributed by atoms with Crippen molar-refractivity contribution in [2.45, 2.75) is 33.1 Å². The number of carbonyl (C=O) groups is 2. The number of anilines is 2. The molecule has 0 saturated carbocycles. The van der Waals surface area contributed by atoms with Crippen LogP contribution >= 0.6 is 0 Å². The second-order valence-electron chi connectivity index (χ2n) is 7.55. The molecular weight excluding hydrogens is 378 g/mol. The van der Waals surface area contributed by atoms with E-state index in [0.29, 0.717) is 22.4 Å². The summed E-state index contributed by atoms with van der Waals surface area (Å²) >= 11 is 0. The zero-order valence-corrected chi connectivity index (χ0v) is 17.6. The van der Waals surface area contributed by atoms with Crippen LogP contribution in [0.3, 0.4) is 0 Å². The number of benzene rings is 2. The van der Waals surface area contributed by atoms with Crippen LogP contribution < -0.4 is 10.2 Å². The van der Waals surface area contributed by atoms with Crippen molar-refractivity contribution in [3.05, 3.63) is 65.2 Å². The minimum absolute atomic E-state index is 0.154. The molecular formula is C24H27N3O3. The van der Waals surface area contributed by atoms with Crippen LogP contribution in [-0.4, -0.2) is 35.6 Å². The first-order chi connectivity index (χ1) is 14.4. The Hall–Kier alpha value is -3.41. The zero-order chi connectivity index (χ0) is 21.7. The standard InChI is InChI=1S/C24H27N3O3/c1-4-5-12-27(3)22-15-20(24(29)30)19-14-18(10-11-21(19)26-22)25-23(28)13-17-8-6-16(2)7-9-17/h6-11,14-15H,4-5,12-13H2,1-3H3,(H,25,28)(H,29,30). The Morgan fingerprint density at radius 1 is 1.10 bits per heavy atom. The van der Waals surface area contributed by atoms with Crippen molar-refractivity contribution < 1.29 is 14.7 Å². The van der Waals surface area contributed by atoms with Gasteiger partial charge < -0.3 is 15.3 Å². The number of carboxylic acid groups (broad SMARTS) is 1. The third-order valence-corrected chi connectivity index (χ3v) is 5.03. The number of hydrogen-bond acceptors (Lipinski definition) is 4. The molecule has 0 spiro atoms. The third kappa shape index (κ3) is 5.14. The van der Waals surface area contributed by atoms with Crippen molar-refractivity contribution in [1.82, 2.24) is 4.98 Å². The summed E-state index contributed by atoms with van der Waals surface area (Å²) in [6, 6.07) is 14.6. The van der Waals surface area contributed by atoms with Gasteiger partial charge in [-0.15, -0.1) is 0 Å². The number of fused-ring (bicyclic) bond motifs is 1. The Labute approximate surface area is 176 Å². The van der Waals surface area contributed by atoms with E-state index in [9.17, 15) is 14.7 Å². The van der Waals surface area contributed by atoms with Crippen LogP contribution in [0, 0.1) is 6.92 Å². The highest BCUT2D eigenvalue weighted by Crippen LogP contribution is 2.26. The molecule has 0 aliphatic carbocycles. The predicted molar refractivity (Wildman–Crippen MR) is 120 cm³/mol. The van der Waals surface area contributed by atoms with E-state index in [4.69, 9.17) is 0 Å². The highest BCUT2D eigenvalue weighted by molar-refractivity contribution is 6.05. The Balaban J connectivity index is 1.85. The van der Waals surface area contributed by atoms with E-state index in [1.165, 1.54) is 0 Å². The van der Waals surface area contributed by atoms with Gasteiger partial charge in [0, 0.05) is 24.7 Å². The molecule has 0 saturated heterocycles. The highest BCUT2D eigenvalue weighted by Gasteiger charge is 2.15. The summed E-state index contributed by atoms with van der Waals surface area (Å²) in [7, 11) is 1.91. The molecule has 0 unspecified atom stereocenters. The summed E-state index contributed by atoms with van der Waals surface area (Å²) in [6.45, 7) is 4.92. The molecule has 0 radical (unpaired) electrons. The third-order valence-electron chi connectivity index (χ3n) is 5.03. The topological polar surface area (TPSA) is 82.5 Å². The van der Waals surface area contributed by atoms with Gasteiger partial charge in [0.2, 0.25) is 5.91 Å². The molecule has 6 nitrogen and oxygen atoms in total. The van der Waals surface area contributed by atoms with E-state index in [2.05, 4.69) is 17.2 Å². The minimum Gasteiger partial charge on any atom is -0.478 e. The SMILES string of the molecule is CCCCN(C)c1cc(C(=O)O)c2cc(NC(=O)Cc3ccc(C)cc3)ccc2n1. The average Bonchev–Trinajstić information content (AvgIpc) is 2.72. The monoisotopic (exact) mass is 405 g/mol. The number of aryl methyl sites for hydroxylation is 1. The van der Waals surface area contributed by atoms with Crippen LogP contribution in [0.15, 0.2) is 48.5 Å². The van der Waals surface area contributed by atoms with Crippen molar-refractivity contribution in [2.24, 2.45) is 0 Å². The number of hydrogen-bond donors (Lipinski definition) is 2. The van der Waals surface area contributed by atoms with Gasteiger partial charge in [-0.1, -0.05) is 43.2 Å². The van der Waals surface area contributed by atoms with Crippen LogP contribution in [0.2, 0.25) is 0 Å². The van der Waals surface area contributed by atoms with Gasteiger partial charge in [0.1, 0.15) is 5.82 Å². The molecule has 0 aliphatic heterocycles. The molecule has 1 amide bonds. The maximum absolute atomic E-state index is 12.4. The van der Waals surface area contributed by atoms with Gasteiger partial charge in [-0.3, -0.25) is 4.79 Å². The fraction of sp³-hybridized carbons (Fsp3) is 0.292. The molecule has 0 fully saturated rings. The molecule has 2 N–H and O–H groups in total. The number of aromatic carboxylic acids is 1. The molecule has 0 atom stereocenters. The Kier molecular flexibility index (Phi) is 6.67. The number of carbonyl (C=O) groups excluding carboxylic acids is 1. The Bertz CT molecular complexity index is 1060. The fourth-order valence-corrected chi connectivity index (χ4v) is 3.27. The van der Waals surface area contributed by atoms with E-state index in [-0.39, 0.29) is 17.9 Å². The van der Waals surface area contributed by atoms with Gasteiger partial charge in [0.15, 0.2) is 0 Å². The largest absolute Gasteiger partial charge is 0.478 e. The normalized spacial score (nSPS) is 10.8. The number of amides is 1. The first-order valence-electron chi connectivity index (χ1n) is 10.1. The number of unbranched alkanes of at least 4 members (excludes halogenated alkanes) is 1. The quantitative estimate of drug-likeness (QED) is 0.570. The van der Waals surface area contributed by atoms with E-state index >= 15 is 0 Å². The molecule has 1 aromatic heterocycles. The first kappa shape index (κ1) is 21.3. The smallest absolute Gasteiger partial charge is 0.336 e. The summed E-state index contributed by atoms with van der Waals surface area (Å²) in [5.74, 6) is -0.542. The van der Waals surface area contributed by atoms with Gasteiger partial charge in [0.25, 0.3) is 0 Å². The van der Waals surface area contributed by atoms with Crippen molar-refractivity contribution in [3.8, 4) is 0 Å². The van der Waals surface area contributed by atoms with E-state index < -0.39 is 5.97 Å². The summed E-state index contributed by atoms with van der Waals surface area (Å²) in [5.41, 5.74) is 3.38. The summed E-state index contributed by atoms with van der Waals surface area (Å²) in [6.07, 6.45) is 2.31. The maximum atomic E-state index is 12.4. The van der Waals surface area contributed by atoms with Gasteiger partial charge in [-0.05, 0) is 43.2 Å². The number of aromatic nitrogens is 1. The lowest BCUT2D eigenvalue weighted by Gasteiger charge is -2.19. The van der Waals surface area contributed by atoms with Crippen molar-refractivity contribution in [3.63, 3.8) is 0 Å². The van der Waals surface area contributed by atoms with Gasteiger partial charge in [-0.25, -0.2) is 9.78 Å². The van der Waals surface area contributed by atoms with E-state index in [1.54, 1.807) is 24.3 Å². The van der Waals surface area contributed by atoms with E-state index in [1.807, 2.05) is 43.1 Å². The second kappa shape index (κ2) is 9.39. The van der Waals surface area contributed by atoms with E-state index in [0.717, 1.165) is 30.5 Å². The van der Waals surface area contributed by atoms with Gasteiger partial charge >= 0.3 is 5.97 Å². The molecule has 3 rings (SSSR count). The lowest BCUT2D eigenvalue weighted by molar-refractivity contribution is -0.115. The molecule has 156 valence electrons. The van der Waals surface area contributed by atoms with Crippen LogP contribution in [-0.2, 0) is 11.2 Å². The average molecular weight is 405 g/mol. The summed E-state index contributed by atoms with van der Waals surface area (Å²) < 4.78 is 0. The molecule has 6 heteroatoms. The molecule has 30 heavy (non-hydrogen) atoms. The zero-order valence-electron chi connectivity index (χ0n) is 17.6. The Morgan fingerprint density at radius 2 is 1.83 bits per heavy atom. The Morgan fingerprint density at radius 3 is 2.50 bits per heavy atom. The minimum atomic E-state index is -1.02. The van der Waals surface area contributed by atoms with Crippen LogP contribution in [0.1, 0.15) is 41.3 Å². The second-order valence-corrected chi connectivity index (χ2v) is 7.55. The lowest BCUT2D eigenvalue weighted by Crippen LogP contribution is -2.20. The number of carboxylic acids is 1. The molecule has 0 bridgehead atoms. The van der Waals surface area contributed by atoms with Crippen molar-refractivity contribution in [2.75, 3.05) is 23.8 Å². The number of nitrogens with zero attached hydrogens (tertiary/aromatic N) is 2. The summed E-state index contributed by atoms with van der Waals surface area (Å²) in [5, 5.41) is 13.1. The number of rotatable bonds is 8. The molecule has 1 heterocycles. The van der Waals surface area contributed by atoms with Crippen molar-refractivity contribution >= 4 is 34.3 Å². The first-order valence-corrected chi connectivity index (χ1v) is 10.1. The predicted octanol–water partition coefficient (Wildman–Crippen LogP) is 4.66. The summed E-state index contributed by atoms with van der Waals surface area (Å²) in [4.78, 5) is 30.9. The van der Waals surface area contributed by atoms with Crippen molar-refractivity contribution in [1.29, 1.82) is 0 Å². The number of nitrogens with one attached hydrogen (secondary N) is 1.